The number of aryl methyl sites for hydroxylation is 1. The first-order valence-electron chi connectivity index (χ1n) is 6.98. The summed E-state index contributed by atoms with van der Waals surface area (Å²) >= 11 is 0. The largest absolute Gasteiger partial charge is 0.489 e. The van der Waals surface area contributed by atoms with Crippen molar-refractivity contribution in [3.05, 3.63) is 65.4 Å². The lowest BCUT2D eigenvalue weighted by atomic mass is 10.1. The first kappa shape index (κ1) is 13.4. The Morgan fingerprint density at radius 3 is 2.57 bits per heavy atom. The van der Waals surface area contributed by atoms with E-state index in [9.17, 15) is 0 Å². The summed E-state index contributed by atoms with van der Waals surface area (Å²) in [6.07, 6.45) is 0. The molecule has 2 N–H and O–H groups in total. The van der Waals surface area contributed by atoms with Gasteiger partial charge >= 0.3 is 0 Å². The number of fused-ring (bicyclic) bond motifs is 1. The van der Waals surface area contributed by atoms with Crippen LogP contribution in [0.3, 0.4) is 0 Å². The second-order valence-corrected chi connectivity index (χ2v) is 5.19. The highest BCUT2D eigenvalue weighted by molar-refractivity contribution is 5.93. The van der Waals surface area contributed by atoms with Crippen LogP contribution in [0.4, 0.5) is 5.69 Å². The van der Waals surface area contributed by atoms with E-state index in [1.807, 2.05) is 62.4 Å². The standard InChI is InChI=1S/C18H18N2O/c1-12-13(2)20-17-9-8-15(10-16(17)18(12)19)21-11-14-6-4-3-5-7-14/h3-10H,11H2,1-2H3,(H2,19,20). The lowest BCUT2D eigenvalue weighted by molar-refractivity contribution is 0.306. The molecule has 1 aromatic heterocycles. The molecule has 0 amide bonds. The lowest BCUT2D eigenvalue weighted by Gasteiger charge is -2.11. The third kappa shape index (κ3) is 2.68. The minimum absolute atomic E-state index is 0.546. The van der Waals surface area contributed by atoms with Crippen molar-refractivity contribution in [3.63, 3.8) is 0 Å². The molecule has 0 atom stereocenters. The van der Waals surface area contributed by atoms with Crippen molar-refractivity contribution in [1.29, 1.82) is 0 Å². The fraction of sp³-hybridized carbons (Fsp3) is 0.167. The number of rotatable bonds is 3. The summed E-state index contributed by atoms with van der Waals surface area (Å²) in [4.78, 5) is 4.56. The summed E-state index contributed by atoms with van der Waals surface area (Å²) in [5, 5.41) is 0.948. The minimum Gasteiger partial charge on any atom is -0.489 e. The van der Waals surface area contributed by atoms with Crippen LogP contribution in [-0.4, -0.2) is 4.98 Å². The Hall–Kier alpha value is -2.55. The predicted molar refractivity (Wildman–Crippen MR) is 86.4 cm³/mol. The van der Waals surface area contributed by atoms with E-state index < -0.39 is 0 Å². The van der Waals surface area contributed by atoms with Gasteiger partial charge in [0.2, 0.25) is 0 Å². The molecule has 0 aliphatic carbocycles. The van der Waals surface area contributed by atoms with Gasteiger partial charge in [-0.3, -0.25) is 4.98 Å². The zero-order valence-corrected chi connectivity index (χ0v) is 12.3. The van der Waals surface area contributed by atoms with Gasteiger partial charge in [-0.1, -0.05) is 30.3 Å². The van der Waals surface area contributed by atoms with Crippen LogP contribution in [0.1, 0.15) is 16.8 Å². The van der Waals surface area contributed by atoms with E-state index in [0.29, 0.717) is 6.61 Å². The summed E-state index contributed by atoms with van der Waals surface area (Å²) in [6, 6.07) is 16.0. The van der Waals surface area contributed by atoms with Crippen molar-refractivity contribution >= 4 is 16.6 Å². The van der Waals surface area contributed by atoms with E-state index in [4.69, 9.17) is 10.5 Å². The molecule has 106 valence electrons. The molecule has 0 unspecified atom stereocenters. The number of aromatic nitrogens is 1. The maximum atomic E-state index is 6.20. The molecule has 3 heteroatoms. The normalized spacial score (nSPS) is 10.8. The first-order chi connectivity index (χ1) is 10.1. The summed E-state index contributed by atoms with van der Waals surface area (Å²) < 4.78 is 5.84. The highest BCUT2D eigenvalue weighted by atomic mass is 16.5. The van der Waals surface area contributed by atoms with Gasteiger partial charge in [-0.05, 0) is 43.2 Å². The molecule has 21 heavy (non-hydrogen) atoms. The number of pyridine rings is 1. The molecule has 1 heterocycles. The van der Waals surface area contributed by atoms with Crippen LogP contribution in [0.2, 0.25) is 0 Å². The summed E-state index contributed by atoms with van der Waals surface area (Å²) in [5.41, 5.74) is 11.0. The van der Waals surface area contributed by atoms with Crippen molar-refractivity contribution in [2.24, 2.45) is 0 Å². The molecular formula is C18H18N2O. The van der Waals surface area contributed by atoms with Gasteiger partial charge < -0.3 is 10.5 Å². The third-order valence-electron chi connectivity index (χ3n) is 3.74. The molecule has 0 aliphatic rings. The Balaban J connectivity index is 1.90. The zero-order chi connectivity index (χ0) is 14.8. The molecule has 3 aromatic rings. The van der Waals surface area contributed by atoms with E-state index in [-0.39, 0.29) is 0 Å². The second-order valence-electron chi connectivity index (χ2n) is 5.19. The Bertz CT molecular complexity index is 782. The molecule has 0 saturated carbocycles. The van der Waals surface area contributed by atoms with Crippen LogP contribution in [0.5, 0.6) is 5.75 Å². The quantitative estimate of drug-likeness (QED) is 0.787. The molecule has 0 spiro atoms. The monoisotopic (exact) mass is 278 g/mol. The number of nitrogens with two attached hydrogens (primary N) is 1. The second kappa shape index (κ2) is 5.44. The van der Waals surface area contributed by atoms with Crippen LogP contribution in [-0.2, 0) is 6.61 Å². The van der Waals surface area contributed by atoms with Crippen LogP contribution < -0.4 is 10.5 Å². The molecule has 0 radical (unpaired) electrons. The molecular weight excluding hydrogens is 260 g/mol. The van der Waals surface area contributed by atoms with Crippen LogP contribution in [0, 0.1) is 13.8 Å². The molecule has 2 aromatic carbocycles. The molecule has 0 saturated heterocycles. The summed E-state index contributed by atoms with van der Waals surface area (Å²) in [7, 11) is 0. The van der Waals surface area contributed by atoms with Crippen molar-refractivity contribution in [2.45, 2.75) is 20.5 Å². The van der Waals surface area contributed by atoms with E-state index in [0.717, 1.165) is 39.2 Å². The van der Waals surface area contributed by atoms with Crippen molar-refractivity contribution in [1.82, 2.24) is 4.98 Å². The van der Waals surface area contributed by atoms with Gasteiger partial charge in [0.25, 0.3) is 0 Å². The zero-order valence-electron chi connectivity index (χ0n) is 12.3. The van der Waals surface area contributed by atoms with E-state index in [1.165, 1.54) is 0 Å². The minimum atomic E-state index is 0.546. The molecule has 0 fully saturated rings. The molecule has 0 aliphatic heterocycles. The Labute approximate surface area is 124 Å². The average molecular weight is 278 g/mol. The van der Waals surface area contributed by atoms with Gasteiger partial charge in [0.15, 0.2) is 0 Å². The smallest absolute Gasteiger partial charge is 0.120 e. The maximum Gasteiger partial charge on any atom is 0.120 e. The Morgan fingerprint density at radius 1 is 1.05 bits per heavy atom. The highest BCUT2D eigenvalue weighted by Gasteiger charge is 2.07. The lowest BCUT2D eigenvalue weighted by Crippen LogP contribution is -1.99. The van der Waals surface area contributed by atoms with Gasteiger partial charge in [-0.2, -0.15) is 0 Å². The molecule has 3 rings (SSSR count). The number of hydrogen-bond donors (Lipinski definition) is 1. The third-order valence-corrected chi connectivity index (χ3v) is 3.74. The Morgan fingerprint density at radius 2 is 1.81 bits per heavy atom. The number of nitrogen functional groups attached to an aromatic ring is 1. The van der Waals surface area contributed by atoms with Crippen molar-refractivity contribution < 1.29 is 4.74 Å². The van der Waals surface area contributed by atoms with Gasteiger partial charge in [0.1, 0.15) is 12.4 Å². The number of hydrogen-bond acceptors (Lipinski definition) is 3. The van der Waals surface area contributed by atoms with E-state index in [2.05, 4.69) is 4.98 Å². The van der Waals surface area contributed by atoms with Gasteiger partial charge in [0, 0.05) is 16.8 Å². The SMILES string of the molecule is Cc1nc2ccc(OCc3ccccc3)cc2c(N)c1C. The highest BCUT2D eigenvalue weighted by Crippen LogP contribution is 2.28. The van der Waals surface area contributed by atoms with Crippen molar-refractivity contribution in [3.8, 4) is 5.75 Å². The van der Waals surface area contributed by atoms with Crippen LogP contribution >= 0.6 is 0 Å². The Kier molecular flexibility index (Phi) is 3.48. The van der Waals surface area contributed by atoms with E-state index >= 15 is 0 Å². The number of nitrogens with zero attached hydrogens (tertiary/aromatic N) is 1. The van der Waals surface area contributed by atoms with Crippen LogP contribution in [0.25, 0.3) is 10.9 Å². The van der Waals surface area contributed by atoms with Gasteiger partial charge in [0.05, 0.1) is 5.52 Å². The fourth-order valence-electron chi connectivity index (χ4n) is 2.32. The average Bonchev–Trinajstić information content (AvgIpc) is 2.52. The summed E-state index contributed by atoms with van der Waals surface area (Å²) in [5.74, 6) is 0.808. The topological polar surface area (TPSA) is 48.1 Å². The van der Waals surface area contributed by atoms with Gasteiger partial charge in [-0.25, -0.2) is 0 Å². The maximum absolute atomic E-state index is 6.20. The molecule has 3 nitrogen and oxygen atoms in total. The van der Waals surface area contributed by atoms with Crippen molar-refractivity contribution in [2.75, 3.05) is 5.73 Å². The predicted octanol–water partition coefficient (Wildman–Crippen LogP) is 4.01. The number of benzene rings is 2. The first-order valence-corrected chi connectivity index (χ1v) is 6.98. The fourth-order valence-corrected chi connectivity index (χ4v) is 2.32. The number of anilines is 1. The molecule has 0 bridgehead atoms. The van der Waals surface area contributed by atoms with Gasteiger partial charge in [-0.15, -0.1) is 0 Å². The summed E-state index contributed by atoms with van der Waals surface area (Å²) in [6.45, 7) is 4.52. The number of ether oxygens (including phenoxy) is 1. The van der Waals surface area contributed by atoms with Crippen LogP contribution in [0.15, 0.2) is 48.5 Å². The van der Waals surface area contributed by atoms with E-state index in [1.54, 1.807) is 0 Å².